The van der Waals surface area contributed by atoms with Crippen molar-refractivity contribution in [3.8, 4) is 0 Å². The summed E-state index contributed by atoms with van der Waals surface area (Å²) in [5.41, 5.74) is 5.24. The van der Waals surface area contributed by atoms with Gasteiger partial charge >= 0.3 is 15.2 Å². The lowest BCUT2D eigenvalue weighted by atomic mass is 9.98. The number of aliphatic hydroxyl groups is 1. The van der Waals surface area contributed by atoms with E-state index >= 15 is 0 Å². The molecule has 0 radical (unpaired) electrons. The molecule has 1 atom stereocenters. The van der Waals surface area contributed by atoms with Crippen molar-refractivity contribution >= 4 is 20.9 Å². The summed E-state index contributed by atoms with van der Waals surface area (Å²) in [5, 5.41) is 13.6. The summed E-state index contributed by atoms with van der Waals surface area (Å²) < 4.78 is 22.2. The molecule has 0 aliphatic carbocycles. The lowest BCUT2D eigenvalue weighted by molar-refractivity contribution is 0.115. The summed E-state index contributed by atoms with van der Waals surface area (Å²) in [7, 11) is -11.0. The highest BCUT2D eigenvalue weighted by atomic mass is 31.2. The standard InChI is InChI=1S/C7H18N2O7P2/c1-2-6(9)5(4-8)3-7(10,17(11,12)13)18(14,15)16/h5,9-10H,2-4,8H2,1H3,(H2,11,12,13)(H2,14,15,16). The van der Waals surface area contributed by atoms with Crippen molar-refractivity contribution in [1.29, 1.82) is 5.41 Å². The molecule has 0 rings (SSSR count). The van der Waals surface area contributed by atoms with Crippen molar-refractivity contribution in [2.24, 2.45) is 11.7 Å². The second-order valence-corrected chi connectivity index (χ2v) is 7.89. The topological polar surface area (TPSA) is 185 Å². The Morgan fingerprint density at radius 2 is 1.67 bits per heavy atom. The van der Waals surface area contributed by atoms with E-state index in [1.807, 2.05) is 0 Å². The summed E-state index contributed by atoms with van der Waals surface area (Å²) in [5.74, 6) is -1.01. The van der Waals surface area contributed by atoms with Crippen LogP contribution in [0.25, 0.3) is 0 Å². The van der Waals surface area contributed by atoms with Gasteiger partial charge < -0.3 is 35.8 Å². The van der Waals surface area contributed by atoms with Gasteiger partial charge in [-0.3, -0.25) is 9.13 Å². The third kappa shape index (κ3) is 3.69. The first-order valence-corrected chi connectivity index (χ1v) is 8.24. The van der Waals surface area contributed by atoms with Gasteiger partial charge in [-0.25, -0.2) is 0 Å². The van der Waals surface area contributed by atoms with E-state index in [0.29, 0.717) is 0 Å². The Kier molecular flexibility index (Phi) is 5.86. The zero-order valence-electron chi connectivity index (χ0n) is 9.72. The van der Waals surface area contributed by atoms with E-state index in [1.54, 1.807) is 6.92 Å². The zero-order valence-corrected chi connectivity index (χ0v) is 11.5. The van der Waals surface area contributed by atoms with Gasteiger partial charge in [0.2, 0.25) is 0 Å². The van der Waals surface area contributed by atoms with Crippen molar-refractivity contribution in [3.05, 3.63) is 0 Å². The van der Waals surface area contributed by atoms with Crippen LogP contribution in [0, 0.1) is 11.3 Å². The van der Waals surface area contributed by atoms with Gasteiger partial charge in [0.05, 0.1) is 0 Å². The van der Waals surface area contributed by atoms with Crippen LogP contribution in [0.5, 0.6) is 0 Å². The smallest absolute Gasteiger partial charge is 0.368 e. The van der Waals surface area contributed by atoms with E-state index in [9.17, 15) is 14.2 Å². The average Bonchev–Trinajstić information content (AvgIpc) is 2.21. The largest absolute Gasteiger partial charge is 0.369 e. The number of nitrogens with one attached hydrogen (secondary N) is 1. The fraction of sp³-hybridized carbons (Fsp3) is 0.857. The summed E-state index contributed by atoms with van der Waals surface area (Å²) in [4.78, 5) is 35.7. The van der Waals surface area contributed by atoms with Crippen molar-refractivity contribution in [3.63, 3.8) is 0 Å². The Hall–Kier alpha value is -0.110. The third-order valence-corrected chi connectivity index (χ3v) is 6.41. The molecule has 108 valence electrons. The second-order valence-electron chi connectivity index (χ2n) is 3.88. The lowest BCUT2D eigenvalue weighted by Crippen LogP contribution is -2.36. The summed E-state index contributed by atoms with van der Waals surface area (Å²) in [6.07, 6.45) is -0.773. The molecule has 11 heteroatoms. The van der Waals surface area contributed by atoms with E-state index in [0.717, 1.165) is 0 Å². The zero-order chi connectivity index (χ0) is 14.8. The molecule has 1 unspecified atom stereocenters. The number of hydrogen-bond donors (Lipinski definition) is 7. The van der Waals surface area contributed by atoms with Crippen LogP contribution in [0.1, 0.15) is 19.8 Å². The van der Waals surface area contributed by atoms with Gasteiger partial charge in [0.25, 0.3) is 5.08 Å². The van der Waals surface area contributed by atoms with E-state index in [4.69, 9.17) is 30.7 Å². The molecular weight excluding hydrogens is 286 g/mol. The summed E-state index contributed by atoms with van der Waals surface area (Å²) in [6, 6.07) is 0. The highest BCUT2D eigenvalue weighted by molar-refractivity contribution is 7.72. The lowest BCUT2D eigenvalue weighted by Gasteiger charge is -2.32. The summed E-state index contributed by atoms with van der Waals surface area (Å²) in [6.45, 7) is 1.33. The van der Waals surface area contributed by atoms with E-state index in [2.05, 4.69) is 0 Å². The predicted molar refractivity (Wildman–Crippen MR) is 64.2 cm³/mol. The highest BCUT2D eigenvalue weighted by Gasteiger charge is 2.60. The fourth-order valence-corrected chi connectivity index (χ4v) is 3.65. The van der Waals surface area contributed by atoms with Gasteiger partial charge in [-0.2, -0.15) is 0 Å². The number of rotatable bonds is 7. The molecule has 0 amide bonds. The molecule has 18 heavy (non-hydrogen) atoms. The Balaban J connectivity index is 5.47. The molecule has 9 nitrogen and oxygen atoms in total. The van der Waals surface area contributed by atoms with Crippen LogP contribution in [0.4, 0.5) is 0 Å². The first kappa shape index (κ1) is 17.9. The molecule has 0 aromatic carbocycles. The summed E-state index contributed by atoms with van der Waals surface area (Å²) >= 11 is 0. The van der Waals surface area contributed by atoms with Gasteiger partial charge in [0.1, 0.15) is 0 Å². The van der Waals surface area contributed by atoms with Gasteiger partial charge in [-0.05, 0) is 6.42 Å². The Morgan fingerprint density at radius 3 is 1.89 bits per heavy atom. The highest BCUT2D eigenvalue weighted by Crippen LogP contribution is 2.69. The SMILES string of the molecule is CCC(=N)C(CN)CC(O)(P(=O)(O)O)P(=O)(O)O. The molecule has 0 spiro atoms. The van der Waals surface area contributed by atoms with Crippen molar-refractivity contribution < 1.29 is 33.8 Å². The van der Waals surface area contributed by atoms with Crippen LogP contribution < -0.4 is 5.73 Å². The minimum Gasteiger partial charge on any atom is -0.368 e. The van der Waals surface area contributed by atoms with Crippen molar-refractivity contribution in [1.82, 2.24) is 0 Å². The van der Waals surface area contributed by atoms with Crippen LogP contribution >= 0.6 is 15.2 Å². The van der Waals surface area contributed by atoms with Crippen LogP contribution in [0.15, 0.2) is 0 Å². The molecule has 0 fully saturated rings. The van der Waals surface area contributed by atoms with Gasteiger partial charge in [-0.1, -0.05) is 6.92 Å². The first-order chi connectivity index (χ1) is 7.90. The molecule has 0 aliphatic heterocycles. The Labute approximate surface area is 104 Å². The molecule has 0 bridgehead atoms. The van der Waals surface area contributed by atoms with Gasteiger partial charge in [-0.15, -0.1) is 0 Å². The molecule has 0 aromatic rings. The molecule has 0 saturated carbocycles. The molecule has 0 aromatic heterocycles. The minimum absolute atomic E-state index is 0.0437. The molecule has 0 aliphatic rings. The predicted octanol–water partition coefficient (Wildman–Crippen LogP) is -0.617. The number of hydrogen-bond acceptors (Lipinski definition) is 5. The maximum absolute atomic E-state index is 11.1. The molecule has 8 N–H and O–H groups in total. The van der Waals surface area contributed by atoms with Crippen LogP contribution in [-0.2, 0) is 9.13 Å². The fourth-order valence-electron chi connectivity index (χ4n) is 1.38. The van der Waals surface area contributed by atoms with Crippen molar-refractivity contribution in [2.75, 3.05) is 6.54 Å². The quantitative estimate of drug-likeness (QED) is 0.239. The minimum atomic E-state index is -5.49. The number of nitrogens with two attached hydrogens (primary N) is 1. The molecule has 0 saturated heterocycles. The maximum Gasteiger partial charge on any atom is 0.369 e. The van der Waals surface area contributed by atoms with E-state index < -0.39 is 32.6 Å². The Bertz CT molecular complexity index is 379. The van der Waals surface area contributed by atoms with Crippen LogP contribution in [0.2, 0.25) is 0 Å². The normalized spacial score (nSPS) is 15.5. The Morgan fingerprint density at radius 1 is 1.28 bits per heavy atom. The monoisotopic (exact) mass is 304 g/mol. The van der Waals surface area contributed by atoms with Gasteiger partial charge in [0, 0.05) is 24.6 Å². The van der Waals surface area contributed by atoms with Crippen molar-refractivity contribution in [2.45, 2.75) is 24.8 Å². The van der Waals surface area contributed by atoms with Crippen LogP contribution in [0.3, 0.4) is 0 Å². The first-order valence-electron chi connectivity index (χ1n) is 5.01. The third-order valence-electron chi connectivity index (χ3n) is 2.61. The van der Waals surface area contributed by atoms with E-state index in [-0.39, 0.29) is 18.7 Å². The maximum atomic E-state index is 11.1. The van der Waals surface area contributed by atoms with E-state index in [1.165, 1.54) is 0 Å². The molecular formula is C7H18N2O7P2. The average molecular weight is 304 g/mol. The van der Waals surface area contributed by atoms with Gasteiger partial charge in [0.15, 0.2) is 0 Å². The molecule has 0 heterocycles. The second kappa shape index (κ2) is 5.90. The van der Waals surface area contributed by atoms with Crippen LogP contribution in [-0.4, -0.2) is 42.0 Å².